The summed E-state index contributed by atoms with van der Waals surface area (Å²) in [6, 6.07) is 8.03. The highest BCUT2D eigenvalue weighted by atomic mass is 32.2. The highest BCUT2D eigenvalue weighted by molar-refractivity contribution is 8.01. The summed E-state index contributed by atoms with van der Waals surface area (Å²) in [7, 11) is 1.64. The molecule has 8 heteroatoms. The summed E-state index contributed by atoms with van der Waals surface area (Å²) >= 11 is 3.06. The molecule has 0 bridgehead atoms. The van der Waals surface area contributed by atoms with Crippen LogP contribution in [0.15, 0.2) is 28.6 Å². The summed E-state index contributed by atoms with van der Waals surface area (Å²) in [6.07, 6.45) is 6.52. The molecule has 0 unspecified atom stereocenters. The molecule has 140 valence electrons. The lowest BCUT2D eigenvalue weighted by Crippen LogP contribution is -2.36. The lowest BCUT2D eigenvalue weighted by atomic mass is 9.95. The van der Waals surface area contributed by atoms with E-state index in [1.807, 2.05) is 24.3 Å². The largest absolute Gasteiger partial charge is 0.497 e. The van der Waals surface area contributed by atoms with Crippen molar-refractivity contribution < 1.29 is 9.53 Å². The molecular formula is C18H24N4O2S2. The highest BCUT2D eigenvalue weighted by Gasteiger charge is 2.15. The number of carbonyl (C=O) groups is 1. The molecule has 3 rings (SSSR count). The molecule has 1 aromatic carbocycles. The van der Waals surface area contributed by atoms with Gasteiger partial charge in [-0.15, -0.1) is 10.2 Å². The molecule has 1 aliphatic rings. The van der Waals surface area contributed by atoms with E-state index in [2.05, 4.69) is 20.8 Å². The molecule has 1 saturated carbocycles. The maximum Gasteiger partial charge on any atom is 0.221 e. The molecule has 0 aliphatic heterocycles. The molecule has 1 aliphatic carbocycles. The Morgan fingerprint density at radius 3 is 2.73 bits per heavy atom. The standard InChI is InChI=1S/C18H24N4O2S2/c1-24-15-9-7-14(8-10-15)20-17-21-22-18(26-17)25-12-11-16(23)19-13-5-3-2-4-6-13/h7-10,13H,2-6,11-12H2,1H3,(H,19,23)(H,20,21). The van der Waals surface area contributed by atoms with Crippen molar-refractivity contribution in [1.29, 1.82) is 0 Å². The predicted octanol–water partition coefficient (Wildman–Crippen LogP) is 4.22. The van der Waals surface area contributed by atoms with Gasteiger partial charge < -0.3 is 15.4 Å². The number of carbonyl (C=O) groups excluding carboxylic acids is 1. The van der Waals surface area contributed by atoms with Crippen LogP contribution in [0.25, 0.3) is 0 Å². The van der Waals surface area contributed by atoms with Crippen LogP contribution < -0.4 is 15.4 Å². The molecule has 0 saturated heterocycles. The Hall–Kier alpha value is -1.80. The smallest absolute Gasteiger partial charge is 0.221 e. The summed E-state index contributed by atoms with van der Waals surface area (Å²) in [6.45, 7) is 0. The minimum absolute atomic E-state index is 0.144. The third-order valence-electron chi connectivity index (χ3n) is 4.27. The molecule has 26 heavy (non-hydrogen) atoms. The predicted molar refractivity (Wildman–Crippen MR) is 107 cm³/mol. The Morgan fingerprint density at radius 1 is 1.23 bits per heavy atom. The van der Waals surface area contributed by atoms with Gasteiger partial charge in [0.1, 0.15) is 5.75 Å². The van der Waals surface area contributed by atoms with Crippen molar-refractivity contribution in [3.63, 3.8) is 0 Å². The van der Waals surface area contributed by atoms with Crippen molar-refractivity contribution in [3.05, 3.63) is 24.3 Å². The van der Waals surface area contributed by atoms with Gasteiger partial charge in [-0.1, -0.05) is 42.4 Å². The van der Waals surface area contributed by atoms with Crippen molar-refractivity contribution >= 4 is 39.8 Å². The molecule has 1 amide bonds. The fourth-order valence-electron chi connectivity index (χ4n) is 2.89. The lowest BCUT2D eigenvalue weighted by molar-refractivity contribution is -0.121. The number of ether oxygens (including phenoxy) is 1. The SMILES string of the molecule is COc1ccc(Nc2nnc(SCCC(=O)NC3CCCCC3)s2)cc1. The zero-order chi connectivity index (χ0) is 18.2. The number of thioether (sulfide) groups is 1. The zero-order valence-electron chi connectivity index (χ0n) is 14.9. The minimum atomic E-state index is 0.144. The van der Waals surface area contributed by atoms with Gasteiger partial charge in [0.2, 0.25) is 11.0 Å². The first-order valence-electron chi connectivity index (χ1n) is 8.89. The van der Waals surface area contributed by atoms with Gasteiger partial charge in [-0.2, -0.15) is 0 Å². The second-order valence-electron chi connectivity index (χ2n) is 6.23. The molecule has 2 N–H and O–H groups in total. The van der Waals surface area contributed by atoms with E-state index < -0.39 is 0 Å². The molecule has 0 atom stereocenters. The van der Waals surface area contributed by atoms with Gasteiger partial charge in [0.05, 0.1) is 7.11 Å². The number of hydrogen-bond donors (Lipinski definition) is 2. The van der Waals surface area contributed by atoms with Crippen molar-refractivity contribution in [2.45, 2.75) is 48.9 Å². The Bertz CT molecular complexity index is 699. The number of methoxy groups -OCH3 is 1. The topological polar surface area (TPSA) is 76.1 Å². The van der Waals surface area contributed by atoms with E-state index in [0.717, 1.165) is 39.5 Å². The second-order valence-corrected chi connectivity index (χ2v) is 8.55. The van der Waals surface area contributed by atoms with Crippen LogP contribution in [0.1, 0.15) is 38.5 Å². The van der Waals surface area contributed by atoms with E-state index >= 15 is 0 Å². The van der Waals surface area contributed by atoms with Gasteiger partial charge in [-0.3, -0.25) is 4.79 Å². The molecule has 2 aromatic rings. The highest BCUT2D eigenvalue weighted by Crippen LogP contribution is 2.28. The monoisotopic (exact) mass is 392 g/mol. The molecule has 0 spiro atoms. The van der Waals surface area contributed by atoms with Crippen molar-refractivity contribution in [3.8, 4) is 5.75 Å². The Morgan fingerprint density at radius 2 is 2.00 bits per heavy atom. The fraction of sp³-hybridized carbons (Fsp3) is 0.500. The van der Waals surface area contributed by atoms with E-state index in [9.17, 15) is 4.79 Å². The summed E-state index contributed by atoms with van der Waals surface area (Å²) < 4.78 is 6.01. The second kappa shape index (κ2) is 9.78. The number of nitrogens with zero attached hydrogens (tertiary/aromatic N) is 2. The summed E-state index contributed by atoms with van der Waals surface area (Å²) in [4.78, 5) is 12.0. The summed E-state index contributed by atoms with van der Waals surface area (Å²) in [5.41, 5.74) is 0.936. The fourth-order valence-corrected chi connectivity index (χ4v) is 4.67. The van der Waals surface area contributed by atoms with E-state index in [1.54, 1.807) is 18.9 Å². The molecule has 6 nitrogen and oxygen atoms in total. The van der Waals surface area contributed by atoms with E-state index in [1.165, 1.54) is 30.6 Å². The van der Waals surface area contributed by atoms with Crippen LogP contribution in [0.3, 0.4) is 0 Å². The van der Waals surface area contributed by atoms with Crippen LogP contribution in [0.2, 0.25) is 0 Å². The number of nitrogens with one attached hydrogen (secondary N) is 2. The normalized spacial score (nSPS) is 14.8. The van der Waals surface area contributed by atoms with E-state index in [-0.39, 0.29) is 5.91 Å². The zero-order valence-corrected chi connectivity index (χ0v) is 16.5. The summed E-state index contributed by atoms with van der Waals surface area (Å²) in [5, 5.41) is 15.4. The Kier molecular flexibility index (Phi) is 7.13. The van der Waals surface area contributed by atoms with Crippen LogP contribution in [0, 0.1) is 0 Å². The quantitative estimate of drug-likeness (QED) is 0.655. The van der Waals surface area contributed by atoms with Crippen LogP contribution in [0.4, 0.5) is 10.8 Å². The molecular weight excluding hydrogens is 368 g/mol. The third kappa shape index (κ3) is 5.88. The van der Waals surface area contributed by atoms with Gasteiger partial charge in [0.15, 0.2) is 4.34 Å². The van der Waals surface area contributed by atoms with Gasteiger partial charge in [0.25, 0.3) is 0 Å². The average molecular weight is 393 g/mol. The number of rotatable bonds is 8. The number of amides is 1. The van der Waals surface area contributed by atoms with Crippen molar-refractivity contribution in [2.24, 2.45) is 0 Å². The number of hydrogen-bond acceptors (Lipinski definition) is 7. The van der Waals surface area contributed by atoms with Crippen molar-refractivity contribution in [1.82, 2.24) is 15.5 Å². The maximum atomic E-state index is 12.0. The molecule has 0 radical (unpaired) electrons. The number of benzene rings is 1. The van der Waals surface area contributed by atoms with Gasteiger partial charge in [-0.25, -0.2) is 0 Å². The van der Waals surface area contributed by atoms with Crippen LogP contribution in [0.5, 0.6) is 5.75 Å². The first-order chi connectivity index (χ1) is 12.7. The molecule has 1 fully saturated rings. The summed E-state index contributed by atoms with van der Waals surface area (Å²) in [5.74, 6) is 1.68. The molecule has 1 aromatic heterocycles. The van der Waals surface area contributed by atoms with Crippen LogP contribution >= 0.6 is 23.1 Å². The van der Waals surface area contributed by atoms with Crippen LogP contribution in [-0.2, 0) is 4.79 Å². The van der Waals surface area contributed by atoms with Gasteiger partial charge >= 0.3 is 0 Å². The average Bonchev–Trinajstić information content (AvgIpc) is 3.10. The van der Waals surface area contributed by atoms with Crippen LogP contribution in [-0.4, -0.2) is 35.0 Å². The Balaban J connectivity index is 1.39. The first-order valence-corrected chi connectivity index (χ1v) is 10.7. The third-order valence-corrected chi connectivity index (χ3v) is 6.25. The number of aromatic nitrogens is 2. The van der Waals surface area contributed by atoms with Gasteiger partial charge in [0, 0.05) is 23.9 Å². The Labute approximate surface area is 162 Å². The van der Waals surface area contributed by atoms with Crippen molar-refractivity contribution in [2.75, 3.05) is 18.2 Å². The number of anilines is 2. The van der Waals surface area contributed by atoms with E-state index in [0.29, 0.717) is 12.5 Å². The lowest BCUT2D eigenvalue weighted by Gasteiger charge is -2.22. The minimum Gasteiger partial charge on any atom is -0.497 e. The first kappa shape index (κ1) is 19.0. The van der Waals surface area contributed by atoms with Gasteiger partial charge in [-0.05, 0) is 37.1 Å². The van der Waals surface area contributed by atoms with E-state index in [4.69, 9.17) is 4.74 Å². The molecule has 1 heterocycles. The maximum absolute atomic E-state index is 12.0.